The highest BCUT2D eigenvalue weighted by atomic mass is 32.2. The Kier molecular flexibility index (Phi) is 6.63. The molecule has 1 aromatic carbocycles. The van der Waals surface area contributed by atoms with Crippen LogP contribution in [0.25, 0.3) is 0 Å². The van der Waals surface area contributed by atoms with E-state index in [1.54, 1.807) is 0 Å². The summed E-state index contributed by atoms with van der Waals surface area (Å²) >= 11 is 0. The van der Waals surface area contributed by atoms with E-state index in [4.69, 9.17) is 0 Å². The summed E-state index contributed by atoms with van der Waals surface area (Å²) in [6.45, 7) is 6.63. The average molecular weight is 367 g/mol. The van der Waals surface area contributed by atoms with Gasteiger partial charge >= 0.3 is 0 Å². The lowest BCUT2D eigenvalue weighted by molar-refractivity contribution is -0.127. The normalized spacial score (nSPS) is 19.6. The van der Waals surface area contributed by atoms with Gasteiger partial charge in [0.2, 0.25) is 15.9 Å². The van der Waals surface area contributed by atoms with Crippen LogP contribution in [0.2, 0.25) is 0 Å². The van der Waals surface area contributed by atoms with Gasteiger partial charge < -0.3 is 5.32 Å². The van der Waals surface area contributed by atoms with E-state index < -0.39 is 10.0 Å². The molecule has 5 nitrogen and oxygen atoms in total. The molecule has 6 heteroatoms. The van der Waals surface area contributed by atoms with Crippen LogP contribution in [-0.2, 0) is 21.2 Å². The highest BCUT2D eigenvalue weighted by Crippen LogP contribution is 2.21. The Morgan fingerprint density at radius 1 is 1.24 bits per heavy atom. The predicted octanol–water partition coefficient (Wildman–Crippen LogP) is 2.58. The minimum Gasteiger partial charge on any atom is -0.351 e. The van der Waals surface area contributed by atoms with Crippen LogP contribution in [0.4, 0.5) is 0 Å². The van der Waals surface area contributed by atoms with Gasteiger partial charge in [-0.25, -0.2) is 12.7 Å². The molecule has 25 heavy (non-hydrogen) atoms. The summed E-state index contributed by atoms with van der Waals surface area (Å²) < 4.78 is 26.8. The lowest BCUT2D eigenvalue weighted by Crippen LogP contribution is -2.50. The molecule has 0 unspecified atom stereocenters. The third-order valence-corrected chi connectivity index (χ3v) is 6.28. The Bertz CT molecular complexity index is 666. The maximum absolute atomic E-state index is 12.6. The molecule has 1 N–H and O–H groups in total. The second-order valence-corrected chi connectivity index (χ2v) is 9.93. The van der Waals surface area contributed by atoms with Gasteiger partial charge in [-0.15, -0.1) is 0 Å². The van der Waals surface area contributed by atoms with E-state index in [2.05, 4.69) is 5.32 Å². The van der Waals surface area contributed by atoms with E-state index in [0.717, 1.165) is 24.8 Å². The first kappa shape index (κ1) is 19.9. The highest BCUT2D eigenvalue weighted by molar-refractivity contribution is 7.89. The lowest BCUT2D eigenvalue weighted by Gasteiger charge is -2.33. The molecule has 1 fully saturated rings. The van der Waals surface area contributed by atoms with Crippen LogP contribution < -0.4 is 5.32 Å². The molecule has 1 amide bonds. The minimum absolute atomic E-state index is 0.0447. The Balaban J connectivity index is 1.89. The molecule has 1 aromatic rings. The van der Waals surface area contributed by atoms with Gasteiger partial charge in [0.25, 0.3) is 0 Å². The fraction of sp³-hybridized carbons (Fsp3) is 0.632. The molecule has 1 atom stereocenters. The molecule has 0 saturated carbocycles. The summed E-state index contributed by atoms with van der Waals surface area (Å²) in [4.78, 5) is 12.4. The summed E-state index contributed by atoms with van der Waals surface area (Å²) in [6.07, 6.45) is 2.83. The van der Waals surface area contributed by atoms with Crippen molar-refractivity contribution < 1.29 is 13.2 Å². The first-order valence-corrected chi connectivity index (χ1v) is 10.6. The number of amides is 1. The van der Waals surface area contributed by atoms with Crippen molar-refractivity contribution in [3.8, 4) is 0 Å². The number of benzene rings is 1. The summed E-state index contributed by atoms with van der Waals surface area (Å²) in [7, 11) is -3.31. The number of carbonyl (C=O) groups is 1. The summed E-state index contributed by atoms with van der Waals surface area (Å²) in [5.41, 5.74) is 0.854. The second kappa shape index (κ2) is 8.32. The Hall–Kier alpha value is -1.40. The van der Waals surface area contributed by atoms with Crippen molar-refractivity contribution in [2.24, 2.45) is 5.92 Å². The van der Waals surface area contributed by atoms with E-state index in [1.807, 2.05) is 51.1 Å². The second-order valence-electron chi connectivity index (χ2n) is 7.84. The number of sulfonamides is 1. The van der Waals surface area contributed by atoms with Crippen molar-refractivity contribution >= 4 is 15.9 Å². The number of hydrogen-bond donors (Lipinski definition) is 1. The van der Waals surface area contributed by atoms with Crippen molar-refractivity contribution in [3.63, 3.8) is 0 Å². The number of hydrogen-bond acceptors (Lipinski definition) is 3. The molecule has 1 saturated heterocycles. The lowest BCUT2D eigenvalue weighted by atomic mass is 9.97. The molecule has 2 rings (SSSR count). The fourth-order valence-corrected chi connectivity index (χ4v) is 4.69. The molecule has 0 bridgehead atoms. The molecule has 0 aromatic heterocycles. The van der Waals surface area contributed by atoms with Crippen LogP contribution in [0, 0.1) is 5.92 Å². The zero-order chi connectivity index (χ0) is 18.5. The van der Waals surface area contributed by atoms with Gasteiger partial charge in [0, 0.05) is 18.6 Å². The highest BCUT2D eigenvalue weighted by Gasteiger charge is 2.33. The Labute approximate surface area is 151 Å². The number of carbonyl (C=O) groups excluding carboxylic acids is 1. The third-order valence-electron chi connectivity index (χ3n) is 4.36. The van der Waals surface area contributed by atoms with Crippen LogP contribution in [0.1, 0.15) is 45.6 Å². The van der Waals surface area contributed by atoms with Crippen molar-refractivity contribution in [2.75, 3.05) is 18.8 Å². The van der Waals surface area contributed by atoms with Gasteiger partial charge in [0.1, 0.15) is 0 Å². The number of piperidine rings is 1. The number of aryl methyl sites for hydroxylation is 1. The van der Waals surface area contributed by atoms with Gasteiger partial charge in [-0.05, 0) is 52.0 Å². The van der Waals surface area contributed by atoms with Gasteiger partial charge in [0.05, 0.1) is 11.7 Å². The first-order chi connectivity index (χ1) is 11.7. The van der Waals surface area contributed by atoms with Crippen molar-refractivity contribution in [1.82, 2.24) is 9.62 Å². The first-order valence-electron chi connectivity index (χ1n) is 9.01. The molecular weight excluding hydrogens is 336 g/mol. The number of nitrogens with zero attached hydrogens (tertiary/aromatic N) is 1. The SMILES string of the molecule is CC(C)(C)NC(=O)[C@H]1CCCN(S(=O)(=O)CCCc2ccccc2)C1. The molecule has 1 aliphatic heterocycles. The average Bonchev–Trinajstić information content (AvgIpc) is 2.54. The Morgan fingerprint density at radius 3 is 2.56 bits per heavy atom. The van der Waals surface area contributed by atoms with Crippen LogP contribution in [0.3, 0.4) is 0 Å². The monoisotopic (exact) mass is 366 g/mol. The van der Waals surface area contributed by atoms with Crippen LogP contribution in [-0.4, -0.2) is 43.0 Å². The molecule has 0 radical (unpaired) electrons. The smallest absolute Gasteiger partial charge is 0.224 e. The van der Waals surface area contributed by atoms with Crippen LogP contribution >= 0.6 is 0 Å². The molecule has 1 aliphatic rings. The fourth-order valence-electron chi connectivity index (χ4n) is 3.11. The van der Waals surface area contributed by atoms with Crippen molar-refractivity contribution in [3.05, 3.63) is 35.9 Å². The van der Waals surface area contributed by atoms with E-state index in [0.29, 0.717) is 19.5 Å². The molecule has 0 aliphatic carbocycles. The van der Waals surface area contributed by atoms with E-state index in [1.165, 1.54) is 4.31 Å². The van der Waals surface area contributed by atoms with Crippen LogP contribution in [0.15, 0.2) is 30.3 Å². The Morgan fingerprint density at radius 2 is 1.92 bits per heavy atom. The topological polar surface area (TPSA) is 66.5 Å². The minimum atomic E-state index is -3.31. The third kappa shape index (κ3) is 6.44. The maximum Gasteiger partial charge on any atom is 0.224 e. The largest absolute Gasteiger partial charge is 0.351 e. The predicted molar refractivity (Wildman–Crippen MR) is 101 cm³/mol. The van der Waals surface area contributed by atoms with Gasteiger partial charge in [-0.2, -0.15) is 0 Å². The van der Waals surface area contributed by atoms with Crippen LogP contribution in [0.5, 0.6) is 0 Å². The molecule has 1 heterocycles. The zero-order valence-corrected chi connectivity index (χ0v) is 16.3. The van der Waals surface area contributed by atoms with Gasteiger partial charge in [0.15, 0.2) is 0 Å². The summed E-state index contributed by atoms with van der Waals surface area (Å²) in [6, 6.07) is 9.91. The van der Waals surface area contributed by atoms with E-state index >= 15 is 0 Å². The number of rotatable bonds is 6. The zero-order valence-electron chi connectivity index (χ0n) is 15.5. The number of nitrogens with one attached hydrogen (secondary N) is 1. The van der Waals surface area contributed by atoms with E-state index in [9.17, 15) is 13.2 Å². The molecule has 0 spiro atoms. The molecular formula is C19H30N2O3S. The summed E-state index contributed by atoms with van der Waals surface area (Å²) in [5.74, 6) is -0.163. The summed E-state index contributed by atoms with van der Waals surface area (Å²) in [5, 5.41) is 2.97. The van der Waals surface area contributed by atoms with Gasteiger partial charge in [-0.1, -0.05) is 30.3 Å². The van der Waals surface area contributed by atoms with Crippen molar-refractivity contribution in [1.29, 1.82) is 0 Å². The molecule has 140 valence electrons. The van der Waals surface area contributed by atoms with Gasteiger partial charge in [-0.3, -0.25) is 4.79 Å². The quantitative estimate of drug-likeness (QED) is 0.841. The standard InChI is InChI=1S/C19H30N2O3S/c1-19(2,3)20-18(22)17-12-7-13-21(15-17)25(23,24)14-8-11-16-9-5-4-6-10-16/h4-6,9-10,17H,7-8,11-15H2,1-3H3,(H,20,22)/t17-/m0/s1. The van der Waals surface area contributed by atoms with Crippen molar-refractivity contribution in [2.45, 2.75) is 52.0 Å². The maximum atomic E-state index is 12.6. The van der Waals surface area contributed by atoms with E-state index in [-0.39, 0.29) is 23.1 Å².